The van der Waals surface area contributed by atoms with E-state index < -0.39 is 11.6 Å². The first kappa shape index (κ1) is 24.2. The number of piperidine rings is 1. The van der Waals surface area contributed by atoms with E-state index in [4.69, 9.17) is 15.2 Å². The Hall–Kier alpha value is -2.94. The zero-order valence-corrected chi connectivity index (χ0v) is 19.6. The first-order valence-corrected chi connectivity index (χ1v) is 11.8. The number of likely N-dealkylation sites (tertiary alicyclic amines) is 1. The third kappa shape index (κ3) is 5.75. The Bertz CT molecular complexity index is 981. The third-order valence-corrected chi connectivity index (χ3v) is 6.46. The number of nitrogens with zero attached hydrogens (tertiary/aromatic N) is 3. The number of pyridine rings is 1. The number of anilines is 1. The number of rotatable bonds is 6. The Morgan fingerprint density at radius 2 is 1.94 bits per heavy atom. The number of benzene rings is 1. The molecule has 2 aromatic rings. The molecule has 2 atom stereocenters. The summed E-state index contributed by atoms with van der Waals surface area (Å²) in [7, 11) is 0. The lowest BCUT2D eigenvalue weighted by molar-refractivity contribution is 0.0608. The van der Waals surface area contributed by atoms with Gasteiger partial charge in [0.25, 0.3) is 0 Å². The zero-order valence-electron chi connectivity index (χ0n) is 19.6. The predicted molar refractivity (Wildman–Crippen MR) is 125 cm³/mol. The van der Waals surface area contributed by atoms with Crippen LogP contribution in [0, 0.1) is 17.6 Å². The van der Waals surface area contributed by atoms with E-state index in [2.05, 4.69) is 4.98 Å². The molecule has 4 rings (SSSR count). The second-order valence-electron chi connectivity index (χ2n) is 9.37. The fourth-order valence-electron chi connectivity index (χ4n) is 4.56. The molecule has 34 heavy (non-hydrogen) atoms. The quantitative estimate of drug-likeness (QED) is 0.684. The van der Waals surface area contributed by atoms with E-state index in [1.165, 1.54) is 6.07 Å². The van der Waals surface area contributed by atoms with Gasteiger partial charge in [0.1, 0.15) is 23.2 Å². The van der Waals surface area contributed by atoms with E-state index >= 15 is 0 Å². The summed E-state index contributed by atoms with van der Waals surface area (Å²) in [5.41, 5.74) is 6.56. The molecule has 0 bridgehead atoms. The van der Waals surface area contributed by atoms with Gasteiger partial charge in [-0.05, 0) is 68.5 Å². The van der Waals surface area contributed by atoms with Crippen molar-refractivity contribution in [1.29, 1.82) is 0 Å². The van der Waals surface area contributed by atoms with Crippen LogP contribution in [0.4, 0.5) is 19.4 Å². The molecular formula is C25H32F2N4O3. The summed E-state index contributed by atoms with van der Waals surface area (Å²) < 4.78 is 39.0. The van der Waals surface area contributed by atoms with Crippen molar-refractivity contribution in [2.75, 3.05) is 37.7 Å². The van der Waals surface area contributed by atoms with E-state index in [1.54, 1.807) is 11.1 Å². The Morgan fingerprint density at radius 1 is 1.18 bits per heavy atom. The highest BCUT2D eigenvalue weighted by molar-refractivity contribution is 5.67. The smallest absolute Gasteiger partial charge is 0.410 e. The fraction of sp³-hybridized carbons (Fsp3) is 0.520. The van der Waals surface area contributed by atoms with Gasteiger partial charge >= 0.3 is 6.09 Å². The molecule has 1 aromatic heterocycles. The molecule has 1 amide bonds. The van der Waals surface area contributed by atoms with E-state index in [1.807, 2.05) is 30.9 Å². The number of carbonyl (C=O) groups is 1. The van der Waals surface area contributed by atoms with Crippen molar-refractivity contribution in [1.82, 2.24) is 9.88 Å². The molecule has 2 aliphatic heterocycles. The number of carbonyl (C=O) groups excluding carboxylic acids is 1. The fourth-order valence-corrected chi connectivity index (χ4v) is 4.56. The highest BCUT2D eigenvalue weighted by Gasteiger charge is 2.34. The van der Waals surface area contributed by atoms with Gasteiger partial charge in [0.15, 0.2) is 0 Å². The van der Waals surface area contributed by atoms with Crippen molar-refractivity contribution in [3.05, 3.63) is 53.7 Å². The minimum absolute atomic E-state index is 0.117. The Labute approximate surface area is 198 Å². The summed E-state index contributed by atoms with van der Waals surface area (Å²) in [6.45, 7) is 6.55. The topological polar surface area (TPSA) is 80.9 Å². The van der Waals surface area contributed by atoms with Crippen molar-refractivity contribution >= 4 is 11.9 Å². The molecule has 184 valence electrons. The van der Waals surface area contributed by atoms with E-state index in [0.717, 1.165) is 30.8 Å². The standard InChI is InChI=1S/C25H32F2N4O3/c1-16(2)34-25(32)30-9-7-17(8-10-30)15-33-19-4-6-24(29-12-19)31-13-21(23(28)14-31)20-11-18(26)3-5-22(20)27/h3-6,11-12,16-17,21,23H,7-10,13-15,28H2,1-2H3/t21-,23+/m1/s1. The van der Waals surface area contributed by atoms with E-state index in [0.29, 0.717) is 50.0 Å². The number of amides is 1. The predicted octanol–water partition coefficient (Wildman–Crippen LogP) is 3.93. The highest BCUT2D eigenvalue weighted by atomic mass is 19.1. The average Bonchev–Trinajstić information content (AvgIpc) is 3.21. The van der Waals surface area contributed by atoms with Gasteiger partial charge in [0, 0.05) is 38.1 Å². The van der Waals surface area contributed by atoms with Gasteiger partial charge < -0.3 is 25.0 Å². The van der Waals surface area contributed by atoms with Gasteiger partial charge in [0.2, 0.25) is 0 Å². The van der Waals surface area contributed by atoms with Gasteiger partial charge in [0.05, 0.1) is 18.9 Å². The SMILES string of the molecule is CC(C)OC(=O)N1CCC(COc2ccc(N3C[C@H](c4cc(F)ccc4F)[C@@H](N)C3)nc2)CC1. The van der Waals surface area contributed by atoms with Crippen LogP contribution in [-0.4, -0.2) is 60.9 Å². The number of aromatic nitrogens is 1. The second kappa shape index (κ2) is 10.5. The summed E-state index contributed by atoms with van der Waals surface area (Å²) in [6.07, 6.45) is 3.03. The lowest BCUT2D eigenvalue weighted by atomic mass is 9.94. The van der Waals surface area contributed by atoms with E-state index in [9.17, 15) is 13.6 Å². The molecule has 0 radical (unpaired) electrons. The molecule has 0 unspecified atom stereocenters. The van der Waals surface area contributed by atoms with Gasteiger partial charge in [-0.1, -0.05) is 0 Å². The monoisotopic (exact) mass is 474 g/mol. The van der Waals surface area contributed by atoms with Crippen LogP contribution in [0.25, 0.3) is 0 Å². The van der Waals surface area contributed by atoms with Gasteiger partial charge in [-0.3, -0.25) is 0 Å². The van der Waals surface area contributed by atoms with Crippen LogP contribution in [-0.2, 0) is 4.74 Å². The van der Waals surface area contributed by atoms with Crippen molar-refractivity contribution in [3.63, 3.8) is 0 Å². The van der Waals surface area contributed by atoms with Crippen LogP contribution in [0.5, 0.6) is 5.75 Å². The maximum atomic E-state index is 14.2. The van der Waals surface area contributed by atoms with Crippen LogP contribution in [0.15, 0.2) is 36.5 Å². The highest BCUT2D eigenvalue weighted by Crippen LogP contribution is 2.32. The third-order valence-electron chi connectivity index (χ3n) is 6.46. The first-order valence-electron chi connectivity index (χ1n) is 11.8. The molecule has 0 aliphatic carbocycles. The number of nitrogens with two attached hydrogens (primary N) is 1. The van der Waals surface area contributed by atoms with Crippen molar-refractivity contribution in [3.8, 4) is 5.75 Å². The van der Waals surface area contributed by atoms with Crippen LogP contribution in [0.2, 0.25) is 0 Å². The van der Waals surface area contributed by atoms with Gasteiger partial charge in [-0.2, -0.15) is 0 Å². The maximum Gasteiger partial charge on any atom is 0.410 e. The van der Waals surface area contributed by atoms with Gasteiger partial charge in [-0.15, -0.1) is 0 Å². The zero-order chi connectivity index (χ0) is 24.2. The number of hydrogen-bond donors (Lipinski definition) is 1. The number of ether oxygens (including phenoxy) is 2. The van der Waals surface area contributed by atoms with E-state index in [-0.39, 0.29) is 24.2 Å². The van der Waals surface area contributed by atoms with Crippen LogP contribution < -0.4 is 15.4 Å². The van der Waals surface area contributed by atoms with Gasteiger partial charge in [-0.25, -0.2) is 18.6 Å². The molecular weight excluding hydrogens is 442 g/mol. The summed E-state index contributed by atoms with van der Waals surface area (Å²) >= 11 is 0. The molecule has 9 heteroatoms. The summed E-state index contributed by atoms with van der Waals surface area (Å²) in [5.74, 6) is 0.532. The number of hydrogen-bond acceptors (Lipinski definition) is 6. The molecule has 2 fully saturated rings. The van der Waals surface area contributed by atoms with Crippen LogP contribution in [0.1, 0.15) is 38.2 Å². The average molecular weight is 475 g/mol. The molecule has 2 N–H and O–H groups in total. The van der Waals surface area contributed by atoms with Crippen molar-refractivity contribution in [2.24, 2.45) is 11.7 Å². The maximum absolute atomic E-state index is 14.2. The van der Waals surface area contributed by atoms with Crippen LogP contribution in [0.3, 0.4) is 0 Å². The normalized spacial score (nSPS) is 21.2. The molecule has 7 nitrogen and oxygen atoms in total. The largest absolute Gasteiger partial charge is 0.492 e. The summed E-state index contributed by atoms with van der Waals surface area (Å²) in [6, 6.07) is 6.88. The Kier molecular flexibility index (Phi) is 7.50. The lowest BCUT2D eigenvalue weighted by Gasteiger charge is -2.31. The minimum Gasteiger partial charge on any atom is -0.492 e. The summed E-state index contributed by atoms with van der Waals surface area (Å²) in [5, 5.41) is 0. The van der Waals surface area contributed by atoms with Crippen LogP contribution >= 0.6 is 0 Å². The molecule has 2 aliphatic rings. The molecule has 1 aromatic carbocycles. The first-order chi connectivity index (χ1) is 16.3. The Balaban J connectivity index is 1.27. The molecule has 3 heterocycles. The van der Waals surface area contributed by atoms with Crippen molar-refractivity contribution in [2.45, 2.75) is 44.8 Å². The summed E-state index contributed by atoms with van der Waals surface area (Å²) in [4.78, 5) is 20.2. The van der Waals surface area contributed by atoms with Crippen molar-refractivity contribution < 1.29 is 23.0 Å². The molecule has 0 saturated carbocycles. The Morgan fingerprint density at radius 3 is 2.62 bits per heavy atom. The molecule has 0 spiro atoms. The number of halogens is 2. The molecule has 2 saturated heterocycles. The lowest BCUT2D eigenvalue weighted by Crippen LogP contribution is -2.40. The second-order valence-corrected chi connectivity index (χ2v) is 9.37. The minimum atomic E-state index is -0.470.